The summed E-state index contributed by atoms with van der Waals surface area (Å²) in [7, 11) is -2.56. The number of halogens is 1. The number of oxime groups is 1. The Labute approximate surface area is 117 Å². The molecule has 0 aliphatic carbocycles. The molecule has 1 aromatic carbocycles. The van der Waals surface area contributed by atoms with Crippen molar-refractivity contribution in [2.45, 2.75) is 31.7 Å². The summed E-state index contributed by atoms with van der Waals surface area (Å²) in [6.45, 7) is 4.52. The van der Waals surface area contributed by atoms with Crippen molar-refractivity contribution in [1.82, 2.24) is 4.31 Å². The molecule has 0 amide bonds. The normalized spacial score (nSPS) is 14.6. The van der Waals surface area contributed by atoms with E-state index in [1.165, 1.54) is 27.8 Å². The molecule has 0 spiro atoms. The molecule has 1 rings (SSSR count). The maximum Gasteiger partial charge on any atom is 0.244 e. The van der Waals surface area contributed by atoms with Gasteiger partial charge in [-0.25, -0.2) is 12.8 Å². The Kier molecular flexibility index (Phi) is 4.72. The first-order valence-corrected chi connectivity index (χ1v) is 7.29. The monoisotopic (exact) mass is 303 g/mol. The van der Waals surface area contributed by atoms with Crippen molar-refractivity contribution in [3.63, 3.8) is 0 Å². The van der Waals surface area contributed by atoms with Gasteiger partial charge in [-0.3, -0.25) is 0 Å². The van der Waals surface area contributed by atoms with E-state index < -0.39 is 21.9 Å². The molecule has 0 saturated heterocycles. The van der Waals surface area contributed by atoms with Gasteiger partial charge in [-0.1, -0.05) is 5.16 Å². The summed E-state index contributed by atoms with van der Waals surface area (Å²) in [5, 5.41) is 11.4. The van der Waals surface area contributed by atoms with Crippen molar-refractivity contribution in [1.29, 1.82) is 0 Å². The molecular formula is C12H18FN3O3S. The van der Waals surface area contributed by atoms with E-state index in [0.717, 1.165) is 16.4 Å². The molecule has 1 unspecified atom stereocenters. The van der Waals surface area contributed by atoms with E-state index in [9.17, 15) is 12.8 Å². The van der Waals surface area contributed by atoms with Crippen LogP contribution in [0.5, 0.6) is 0 Å². The Bertz CT molecular complexity index is 620. The van der Waals surface area contributed by atoms with E-state index in [0.29, 0.717) is 11.1 Å². The van der Waals surface area contributed by atoms with Gasteiger partial charge in [0.25, 0.3) is 0 Å². The summed E-state index contributed by atoms with van der Waals surface area (Å²) in [5.74, 6) is -0.723. The Morgan fingerprint density at radius 2 is 1.85 bits per heavy atom. The number of likely N-dealkylation sites (N-methyl/N-ethyl adjacent to an activating group) is 1. The highest BCUT2D eigenvalue weighted by Crippen LogP contribution is 2.25. The number of aryl methyl sites for hydroxylation is 2. The summed E-state index contributed by atoms with van der Waals surface area (Å²) < 4.78 is 39.4. The number of benzene rings is 1. The van der Waals surface area contributed by atoms with Crippen LogP contribution >= 0.6 is 0 Å². The van der Waals surface area contributed by atoms with Crippen LogP contribution in [0.4, 0.5) is 4.39 Å². The number of nitrogens with zero attached hydrogens (tertiary/aromatic N) is 2. The Hall–Kier alpha value is -1.67. The molecule has 1 atom stereocenters. The number of rotatable bonds is 4. The minimum Gasteiger partial charge on any atom is -0.409 e. The molecule has 0 aliphatic heterocycles. The largest absolute Gasteiger partial charge is 0.409 e. The number of hydrogen-bond donors (Lipinski definition) is 2. The Morgan fingerprint density at radius 3 is 2.25 bits per heavy atom. The van der Waals surface area contributed by atoms with E-state index >= 15 is 0 Å². The number of sulfonamides is 1. The second kappa shape index (κ2) is 5.76. The fourth-order valence-electron chi connectivity index (χ4n) is 1.93. The predicted octanol–water partition coefficient (Wildman–Crippen LogP) is 1.20. The van der Waals surface area contributed by atoms with Crippen LogP contribution in [0, 0.1) is 19.7 Å². The lowest BCUT2D eigenvalue weighted by molar-refractivity contribution is 0.311. The standard InChI is InChI=1S/C12H18FN3O3S/c1-7-5-10(13)6-8(2)11(7)20(18,19)16(4)9(3)12(14)15-17/h5-6,9,17H,1-4H3,(H2,14,15). The van der Waals surface area contributed by atoms with Gasteiger partial charge in [0.05, 0.1) is 10.9 Å². The van der Waals surface area contributed by atoms with Gasteiger partial charge in [-0.15, -0.1) is 0 Å². The van der Waals surface area contributed by atoms with Crippen molar-refractivity contribution in [3.05, 3.63) is 29.1 Å². The molecule has 0 bridgehead atoms. The van der Waals surface area contributed by atoms with E-state index in [-0.39, 0.29) is 10.7 Å². The van der Waals surface area contributed by atoms with Gasteiger partial charge in [0.15, 0.2) is 5.84 Å². The molecule has 1 aromatic rings. The number of hydrogen-bond acceptors (Lipinski definition) is 4. The summed E-state index contributed by atoms with van der Waals surface area (Å²) in [4.78, 5) is 0.0268. The second-order valence-corrected chi connectivity index (χ2v) is 6.53. The molecule has 0 fully saturated rings. The molecule has 112 valence electrons. The van der Waals surface area contributed by atoms with Crippen LogP contribution in [0.3, 0.4) is 0 Å². The van der Waals surface area contributed by atoms with Gasteiger partial charge in [-0.05, 0) is 44.0 Å². The van der Waals surface area contributed by atoms with Crippen molar-refractivity contribution >= 4 is 15.9 Å². The van der Waals surface area contributed by atoms with Gasteiger partial charge in [-0.2, -0.15) is 4.31 Å². The summed E-state index contributed by atoms with van der Waals surface area (Å²) >= 11 is 0. The highest BCUT2D eigenvalue weighted by molar-refractivity contribution is 7.89. The molecule has 0 heterocycles. The summed E-state index contributed by atoms with van der Waals surface area (Å²) in [6.07, 6.45) is 0. The van der Waals surface area contributed by atoms with Crippen LogP contribution in [0.25, 0.3) is 0 Å². The first-order valence-electron chi connectivity index (χ1n) is 5.85. The van der Waals surface area contributed by atoms with Crippen LogP contribution in [-0.4, -0.2) is 36.9 Å². The fraction of sp³-hybridized carbons (Fsp3) is 0.417. The summed E-state index contributed by atoms with van der Waals surface area (Å²) in [5.41, 5.74) is 6.04. The van der Waals surface area contributed by atoms with Crippen molar-refractivity contribution in [2.24, 2.45) is 10.9 Å². The van der Waals surface area contributed by atoms with E-state index in [4.69, 9.17) is 10.9 Å². The topological polar surface area (TPSA) is 96.0 Å². The van der Waals surface area contributed by atoms with Crippen LogP contribution in [0.15, 0.2) is 22.2 Å². The molecular weight excluding hydrogens is 285 g/mol. The average Bonchev–Trinajstić information content (AvgIpc) is 2.34. The molecule has 0 radical (unpaired) electrons. The van der Waals surface area contributed by atoms with E-state index in [1.807, 2.05) is 0 Å². The first-order chi connectivity index (χ1) is 9.12. The SMILES string of the molecule is Cc1cc(F)cc(C)c1S(=O)(=O)N(C)C(C)C(N)=NO. The predicted molar refractivity (Wildman–Crippen MR) is 73.7 cm³/mol. The average molecular weight is 303 g/mol. The Balaban J connectivity index is 3.38. The van der Waals surface area contributed by atoms with Gasteiger partial charge in [0.1, 0.15) is 5.82 Å². The second-order valence-electron chi connectivity index (χ2n) is 4.59. The van der Waals surface area contributed by atoms with Crippen LogP contribution in [0.2, 0.25) is 0 Å². The van der Waals surface area contributed by atoms with Crippen molar-refractivity contribution < 1.29 is 18.0 Å². The van der Waals surface area contributed by atoms with Crippen LogP contribution < -0.4 is 5.73 Å². The minimum atomic E-state index is -3.88. The highest BCUT2D eigenvalue weighted by Gasteiger charge is 2.30. The zero-order chi connectivity index (χ0) is 15.7. The molecule has 8 heteroatoms. The number of amidine groups is 1. The highest BCUT2D eigenvalue weighted by atomic mass is 32.2. The van der Waals surface area contributed by atoms with Crippen LogP contribution in [0.1, 0.15) is 18.1 Å². The fourth-order valence-corrected chi connectivity index (χ4v) is 3.67. The maximum absolute atomic E-state index is 13.3. The van der Waals surface area contributed by atoms with E-state index in [1.54, 1.807) is 0 Å². The van der Waals surface area contributed by atoms with Gasteiger partial charge < -0.3 is 10.9 Å². The molecule has 0 saturated carbocycles. The smallest absolute Gasteiger partial charge is 0.244 e. The minimum absolute atomic E-state index is 0.0268. The van der Waals surface area contributed by atoms with E-state index in [2.05, 4.69) is 5.16 Å². The zero-order valence-electron chi connectivity index (χ0n) is 11.8. The maximum atomic E-state index is 13.3. The summed E-state index contributed by atoms with van der Waals surface area (Å²) in [6, 6.07) is 1.48. The molecule has 0 aromatic heterocycles. The van der Waals surface area contributed by atoms with Crippen molar-refractivity contribution in [3.8, 4) is 0 Å². The lowest BCUT2D eigenvalue weighted by atomic mass is 10.1. The molecule has 6 nitrogen and oxygen atoms in total. The number of nitrogens with two attached hydrogens (primary N) is 1. The van der Waals surface area contributed by atoms with Gasteiger partial charge >= 0.3 is 0 Å². The molecule has 3 N–H and O–H groups in total. The van der Waals surface area contributed by atoms with Gasteiger partial charge in [0.2, 0.25) is 10.0 Å². The lowest BCUT2D eigenvalue weighted by Crippen LogP contribution is -2.44. The lowest BCUT2D eigenvalue weighted by Gasteiger charge is -2.25. The molecule has 0 aliphatic rings. The molecule has 20 heavy (non-hydrogen) atoms. The third kappa shape index (κ3) is 2.91. The van der Waals surface area contributed by atoms with Gasteiger partial charge in [0, 0.05) is 7.05 Å². The Morgan fingerprint density at radius 1 is 1.40 bits per heavy atom. The quantitative estimate of drug-likeness (QED) is 0.378. The van der Waals surface area contributed by atoms with Crippen LogP contribution in [-0.2, 0) is 10.0 Å². The third-order valence-electron chi connectivity index (χ3n) is 3.15. The first kappa shape index (κ1) is 16.4. The third-order valence-corrected chi connectivity index (χ3v) is 5.39. The van der Waals surface area contributed by atoms with Crippen molar-refractivity contribution in [2.75, 3.05) is 7.05 Å². The zero-order valence-corrected chi connectivity index (χ0v) is 12.6.